The minimum absolute atomic E-state index is 0.0174. The zero-order valence-corrected chi connectivity index (χ0v) is 12.4. The molecule has 0 saturated heterocycles. The SMILES string of the molecule is COC(=O)C1=C(Nc2ccc(C(F)F)cc2)C(=O)N(CCO)C1. The highest BCUT2D eigenvalue weighted by Crippen LogP contribution is 2.25. The fraction of sp³-hybridized carbons (Fsp3) is 0.333. The number of hydrogen-bond donors (Lipinski definition) is 2. The van der Waals surface area contributed by atoms with Gasteiger partial charge in [-0.3, -0.25) is 4.79 Å². The Morgan fingerprint density at radius 3 is 2.57 bits per heavy atom. The van der Waals surface area contributed by atoms with E-state index in [0.717, 1.165) is 0 Å². The van der Waals surface area contributed by atoms with Gasteiger partial charge in [-0.15, -0.1) is 0 Å². The lowest BCUT2D eigenvalue weighted by Crippen LogP contribution is -2.31. The molecule has 8 heteroatoms. The number of hydrogen-bond acceptors (Lipinski definition) is 5. The number of nitrogens with zero attached hydrogens (tertiary/aromatic N) is 1. The molecular formula is C15H16F2N2O4. The number of esters is 1. The van der Waals surface area contributed by atoms with Crippen molar-refractivity contribution in [3.8, 4) is 0 Å². The van der Waals surface area contributed by atoms with Gasteiger partial charge in [-0.1, -0.05) is 12.1 Å². The molecule has 0 aromatic heterocycles. The topological polar surface area (TPSA) is 78.9 Å². The number of aliphatic hydroxyl groups is 1. The van der Waals surface area contributed by atoms with Gasteiger partial charge in [0.05, 0.1) is 25.8 Å². The number of nitrogens with one attached hydrogen (secondary N) is 1. The van der Waals surface area contributed by atoms with E-state index >= 15 is 0 Å². The first-order chi connectivity index (χ1) is 11.0. The molecule has 23 heavy (non-hydrogen) atoms. The number of amides is 1. The average Bonchev–Trinajstić information content (AvgIpc) is 2.84. The molecule has 6 nitrogen and oxygen atoms in total. The van der Waals surface area contributed by atoms with Crippen LogP contribution in [0.2, 0.25) is 0 Å². The highest BCUT2D eigenvalue weighted by atomic mass is 19.3. The van der Waals surface area contributed by atoms with Crippen molar-refractivity contribution in [3.05, 3.63) is 41.1 Å². The molecule has 124 valence electrons. The zero-order chi connectivity index (χ0) is 17.0. The third-order valence-electron chi connectivity index (χ3n) is 3.39. The zero-order valence-electron chi connectivity index (χ0n) is 12.4. The highest BCUT2D eigenvalue weighted by Gasteiger charge is 2.34. The van der Waals surface area contributed by atoms with Crippen molar-refractivity contribution in [1.29, 1.82) is 0 Å². The second kappa shape index (κ2) is 7.19. The smallest absolute Gasteiger partial charge is 0.337 e. The fourth-order valence-corrected chi connectivity index (χ4v) is 2.21. The maximum absolute atomic E-state index is 12.5. The molecule has 1 aliphatic rings. The number of carbonyl (C=O) groups excluding carboxylic acids is 2. The highest BCUT2D eigenvalue weighted by molar-refractivity contribution is 6.08. The van der Waals surface area contributed by atoms with E-state index in [9.17, 15) is 18.4 Å². The normalized spacial score (nSPS) is 14.7. The molecule has 1 aromatic rings. The van der Waals surface area contributed by atoms with Crippen LogP contribution in [0.4, 0.5) is 14.5 Å². The van der Waals surface area contributed by atoms with Crippen LogP contribution in [0.3, 0.4) is 0 Å². The number of halogens is 2. The Bertz CT molecular complexity index is 629. The predicted molar refractivity (Wildman–Crippen MR) is 77.7 cm³/mol. The van der Waals surface area contributed by atoms with E-state index in [4.69, 9.17) is 5.11 Å². The first kappa shape index (κ1) is 16.9. The summed E-state index contributed by atoms with van der Waals surface area (Å²) in [6.45, 7) is -0.144. The predicted octanol–water partition coefficient (Wildman–Crippen LogP) is 1.30. The number of anilines is 1. The number of methoxy groups -OCH3 is 1. The Balaban J connectivity index is 2.25. The van der Waals surface area contributed by atoms with Crippen molar-refractivity contribution in [2.75, 3.05) is 32.1 Å². The summed E-state index contributed by atoms with van der Waals surface area (Å²) in [5, 5.41) is 11.7. The van der Waals surface area contributed by atoms with Gasteiger partial charge >= 0.3 is 5.97 Å². The van der Waals surface area contributed by atoms with E-state index in [-0.39, 0.29) is 36.5 Å². The number of β-amino-alcohol motifs (C(OH)–C–C–N with tert-alkyl or cyclic N) is 1. The molecule has 0 unspecified atom stereocenters. The molecule has 2 N–H and O–H groups in total. The number of benzene rings is 1. The van der Waals surface area contributed by atoms with Crippen molar-refractivity contribution in [2.45, 2.75) is 6.43 Å². The summed E-state index contributed by atoms with van der Waals surface area (Å²) in [6, 6.07) is 5.25. The Morgan fingerprint density at radius 1 is 1.39 bits per heavy atom. The first-order valence-corrected chi connectivity index (χ1v) is 6.84. The van der Waals surface area contributed by atoms with Crippen LogP contribution in [-0.2, 0) is 14.3 Å². The van der Waals surface area contributed by atoms with Crippen molar-refractivity contribution in [3.63, 3.8) is 0 Å². The average molecular weight is 326 g/mol. The summed E-state index contributed by atoms with van der Waals surface area (Å²) < 4.78 is 29.7. The van der Waals surface area contributed by atoms with Gasteiger partial charge in [0.1, 0.15) is 5.70 Å². The van der Waals surface area contributed by atoms with Crippen LogP contribution in [0.25, 0.3) is 0 Å². The van der Waals surface area contributed by atoms with E-state index in [0.29, 0.717) is 5.69 Å². The third kappa shape index (κ3) is 3.65. The van der Waals surface area contributed by atoms with E-state index in [2.05, 4.69) is 10.1 Å². The van der Waals surface area contributed by atoms with Gasteiger partial charge in [-0.25, -0.2) is 13.6 Å². The van der Waals surface area contributed by atoms with Crippen molar-refractivity contribution < 1.29 is 28.2 Å². The second-order valence-electron chi connectivity index (χ2n) is 4.84. The van der Waals surface area contributed by atoms with Crippen molar-refractivity contribution in [1.82, 2.24) is 4.90 Å². The Kier molecular flexibility index (Phi) is 5.28. The van der Waals surface area contributed by atoms with Gasteiger partial charge in [0.25, 0.3) is 12.3 Å². The van der Waals surface area contributed by atoms with Gasteiger partial charge in [0.15, 0.2) is 0 Å². The number of aliphatic hydroxyl groups excluding tert-OH is 1. The molecule has 0 aliphatic carbocycles. The molecular weight excluding hydrogens is 310 g/mol. The van der Waals surface area contributed by atoms with Gasteiger partial charge in [0, 0.05) is 17.8 Å². The maximum atomic E-state index is 12.5. The summed E-state index contributed by atoms with van der Waals surface area (Å²) in [4.78, 5) is 25.4. The van der Waals surface area contributed by atoms with Gasteiger partial charge < -0.3 is 20.1 Å². The van der Waals surface area contributed by atoms with Crippen LogP contribution in [0.5, 0.6) is 0 Å². The largest absolute Gasteiger partial charge is 0.466 e. The van der Waals surface area contributed by atoms with Crippen LogP contribution in [-0.4, -0.2) is 48.7 Å². The molecule has 0 spiro atoms. The van der Waals surface area contributed by atoms with Crippen LogP contribution in [0, 0.1) is 0 Å². The molecule has 1 aliphatic heterocycles. The first-order valence-electron chi connectivity index (χ1n) is 6.84. The van der Waals surface area contributed by atoms with E-state index < -0.39 is 18.3 Å². The molecule has 0 bridgehead atoms. The Hall–Kier alpha value is -2.48. The van der Waals surface area contributed by atoms with Crippen LogP contribution in [0.15, 0.2) is 35.5 Å². The minimum Gasteiger partial charge on any atom is -0.466 e. The molecule has 1 heterocycles. The molecule has 0 radical (unpaired) electrons. The molecule has 2 rings (SSSR count). The van der Waals surface area contributed by atoms with E-state index in [1.165, 1.54) is 36.3 Å². The molecule has 1 aromatic carbocycles. The molecule has 0 saturated carbocycles. The summed E-state index contributed by atoms with van der Waals surface area (Å²) >= 11 is 0. The summed E-state index contributed by atoms with van der Waals surface area (Å²) in [7, 11) is 1.20. The molecule has 1 amide bonds. The lowest BCUT2D eigenvalue weighted by atomic mass is 10.2. The van der Waals surface area contributed by atoms with Gasteiger partial charge in [0.2, 0.25) is 0 Å². The monoisotopic (exact) mass is 326 g/mol. The van der Waals surface area contributed by atoms with Crippen molar-refractivity contribution in [2.24, 2.45) is 0 Å². The van der Waals surface area contributed by atoms with Gasteiger partial charge in [-0.2, -0.15) is 0 Å². The Labute approximate surface area is 131 Å². The van der Waals surface area contributed by atoms with Crippen LogP contribution in [0.1, 0.15) is 12.0 Å². The number of rotatable bonds is 6. The fourth-order valence-electron chi connectivity index (χ4n) is 2.21. The second-order valence-corrected chi connectivity index (χ2v) is 4.84. The van der Waals surface area contributed by atoms with E-state index in [1.54, 1.807) is 0 Å². The number of ether oxygens (including phenoxy) is 1. The van der Waals surface area contributed by atoms with Crippen molar-refractivity contribution >= 4 is 17.6 Å². The van der Waals surface area contributed by atoms with Gasteiger partial charge in [-0.05, 0) is 12.1 Å². The summed E-state index contributed by atoms with van der Waals surface area (Å²) in [5.74, 6) is -1.12. The maximum Gasteiger partial charge on any atom is 0.337 e. The minimum atomic E-state index is -2.58. The number of alkyl halides is 2. The third-order valence-corrected chi connectivity index (χ3v) is 3.39. The quantitative estimate of drug-likeness (QED) is 0.771. The lowest BCUT2D eigenvalue weighted by Gasteiger charge is -2.15. The summed E-state index contributed by atoms with van der Waals surface area (Å²) in [6.07, 6.45) is -2.58. The van der Waals surface area contributed by atoms with Crippen LogP contribution < -0.4 is 5.32 Å². The number of carbonyl (C=O) groups is 2. The molecule has 0 fully saturated rings. The summed E-state index contributed by atoms with van der Waals surface area (Å²) in [5.41, 5.74) is 0.404. The standard InChI is InChI=1S/C15H16F2N2O4/c1-23-15(22)11-8-19(6-7-20)14(21)12(11)18-10-4-2-9(3-5-10)13(16)17/h2-5,13,18,20H,6-8H2,1H3. The van der Waals surface area contributed by atoms with Crippen LogP contribution >= 0.6 is 0 Å². The molecule has 0 atom stereocenters. The Morgan fingerprint density at radius 2 is 2.04 bits per heavy atom. The van der Waals surface area contributed by atoms with E-state index in [1.807, 2.05) is 0 Å². The lowest BCUT2D eigenvalue weighted by molar-refractivity contribution is -0.136.